The van der Waals surface area contributed by atoms with E-state index >= 15 is 0 Å². The predicted octanol–water partition coefficient (Wildman–Crippen LogP) is 5.20. The zero-order chi connectivity index (χ0) is 22.6. The number of Topliss-reactive ketones (excluding diaryl/α,β-unsaturated/α-hetero) is 1. The number of rotatable bonds is 6. The van der Waals surface area contributed by atoms with Gasteiger partial charge in [-0.15, -0.1) is 10.2 Å². The third-order valence-corrected chi connectivity index (χ3v) is 8.27. The van der Waals surface area contributed by atoms with E-state index in [0.29, 0.717) is 12.2 Å². The molecule has 0 radical (unpaired) electrons. The van der Waals surface area contributed by atoms with Gasteiger partial charge in [0.2, 0.25) is 0 Å². The largest absolute Gasteiger partial charge is 0.598 e. The van der Waals surface area contributed by atoms with E-state index in [0.717, 1.165) is 71.7 Å². The fourth-order valence-electron chi connectivity index (χ4n) is 4.83. The van der Waals surface area contributed by atoms with Crippen LogP contribution in [0.3, 0.4) is 0 Å². The molecule has 4 nitrogen and oxygen atoms in total. The van der Waals surface area contributed by atoms with E-state index in [1.165, 1.54) is 12.0 Å². The average molecular weight is 460 g/mol. The van der Waals surface area contributed by atoms with Crippen molar-refractivity contribution in [1.29, 1.82) is 0 Å². The summed E-state index contributed by atoms with van der Waals surface area (Å²) in [6, 6.07) is 4.12. The van der Waals surface area contributed by atoms with Crippen LogP contribution >= 0.6 is 12.0 Å². The molecule has 6 heteroatoms. The van der Waals surface area contributed by atoms with Gasteiger partial charge in [0.25, 0.3) is 0 Å². The Morgan fingerprint density at radius 2 is 1.84 bits per heavy atom. The number of carbonyl (C=O) groups is 1. The summed E-state index contributed by atoms with van der Waals surface area (Å²) in [5, 5.41) is 0. The number of ketones is 1. The molecule has 0 saturated carbocycles. The van der Waals surface area contributed by atoms with E-state index in [4.69, 9.17) is 4.18 Å². The van der Waals surface area contributed by atoms with Gasteiger partial charge in [0.15, 0.2) is 5.78 Å². The van der Waals surface area contributed by atoms with Crippen molar-refractivity contribution in [2.75, 3.05) is 24.6 Å². The Morgan fingerprint density at radius 1 is 1.19 bits per heavy atom. The smallest absolute Gasteiger partial charge is 0.167 e. The van der Waals surface area contributed by atoms with E-state index in [9.17, 15) is 9.35 Å². The minimum absolute atomic E-state index is 0.0892. The number of carbonyl (C=O) groups excluding carboxylic acids is 1. The second-order valence-electron chi connectivity index (χ2n) is 8.46. The first-order valence-corrected chi connectivity index (χ1v) is 13.3. The van der Waals surface area contributed by atoms with Crippen molar-refractivity contribution < 1.29 is 13.5 Å². The van der Waals surface area contributed by atoms with Gasteiger partial charge in [-0.2, -0.15) is 0 Å². The Bertz CT molecular complexity index is 897. The molecule has 1 saturated heterocycles. The average Bonchev–Trinajstić information content (AvgIpc) is 2.73. The standard InChI is InChI=1S/C25H33NO3S2/c1-6-9-20-14-18(4)23(19(5)15-20)24-21(27)16-25(17-22(24)29-30-7-2)10-12-26(13-11-25)31(28)8-3/h14-15H,7-8,10-13,16-17H2,1-5H3. The van der Waals surface area contributed by atoms with Crippen LogP contribution < -0.4 is 0 Å². The predicted molar refractivity (Wildman–Crippen MR) is 131 cm³/mol. The van der Waals surface area contributed by atoms with Crippen LogP contribution in [0.25, 0.3) is 5.57 Å². The molecule has 2 aliphatic rings. The topological polar surface area (TPSA) is 52.6 Å². The highest BCUT2D eigenvalue weighted by Crippen LogP contribution is 2.49. The van der Waals surface area contributed by atoms with E-state index in [1.807, 2.05) is 13.8 Å². The van der Waals surface area contributed by atoms with Crippen molar-refractivity contribution in [2.45, 2.75) is 60.3 Å². The lowest BCUT2D eigenvalue weighted by molar-refractivity contribution is -0.117. The van der Waals surface area contributed by atoms with Crippen molar-refractivity contribution in [1.82, 2.24) is 4.31 Å². The van der Waals surface area contributed by atoms with Gasteiger partial charge in [-0.05, 0) is 74.8 Å². The zero-order valence-corrected chi connectivity index (χ0v) is 20.9. The first-order chi connectivity index (χ1) is 14.8. The lowest BCUT2D eigenvalue weighted by Gasteiger charge is -2.43. The molecule has 1 atom stereocenters. The highest BCUT2D eigenvalue weighted by Gasteiger charge is 2.45. The number of hydrogen-bond donors (Lipinski definition) is 0. The van der Waals surface area contributed by atoms with Crippen molar-refractivity contribution in [2.24, 2.45) is 5.41 Å². The van der Waals surface area contributed by atoms with Gasteiger partial charge >= 0.3 is 0 Å². The summed E-state index contributed by atoms with van der Waals surface area (Å²) >= 11 is 0.489. The van der Waals surface area contributed by atoms with E-state index in [2.05, 4.69) is 49.1 Å². The van der Waals surface area contributed by atoms with Crippen LogP contribution in [0.15, 0.2) is 17.9 Å². The monoisotopic (exact) mass is 459 g/mol. The molecular formula is C25H33NO3S2. The summed E-state index contributed by atoms with van der Waals surface area (Å²) in [6.45, 7) is 11.5. The van der Waals surface area contributed by atoms with Gasteiger partial charge in [-0.25, -0.2) is 0 Å². The molecule has 3 rings (SSSR count). The van der Waals surface area contributed by atoms with Crippen molar-refractivity contribution in [3.8, 4) is 11.8 Å². The molecule has 1 spiro atoms. The summed E-state index contributed by atoms with van der Waals surface area (Å²) < 4.78 is 20.4. The number of aryl methyl sites for hydroxylation is 2. The Hall–Kier alpha value is -1.39. The lowest BCUT2D eigenvalue weighted by atomic mass is 9.67. The highest BCUT2D eigenvalue weighted by molar-refractivity contribution is 7.94. The summed E-state index contributed by atoms with van der Waals surface area (Å²) in [5.74, 6) is 8.53. The zero-order valence-electron chi connectivity index (χ0n) is 19.3. The molecule has 1 aliphatic heterocycles. The fourth-order valence-corrected chi connectivity index (χ4v) is 6.19. The molecule has 1 fully saturated rings. The fraction of sp³-hybridized carbons (Fsp3) is 0.560. The normalized spacial score (nSPS) is 19.9. The highest BCUT2D eigenvalue weighted by atomic mass is 32.2. The Morgan fingerprint density at radius 3 is 2.39 bits per heavy atom. The number of piperidine rings is 1. The van der Waals surface area contributed by atoms with Crippen LogP contribution in [0.5, 0.6) is 0 Å². The van der Waals surface area contributed by atoms with E-state index in [1.54, 1.807) is 0 Å². The van der Waals surface area contributed by atoms with Crippen molar-refractivity contribution in [3.05, 3.63) is 40.1 Å². The van der Waals surface area contributed by atoms with E-state index in [-0.39, 0.29) is 11.2 Å². The Balaban J connectivity index is 1.97. The summed E-state index contributed by atoms with van der Waals surface area (Å²) in [6.07, 6.45) is 3.06. The SMILES string of the molecule is CC#Cc1cc(C)c(C2=C(OSCC)CC3(CCN([S+]([O-])CC)CC3)CC2=O)c(C)c1. The lowest BCUT2D eigenvalue weighted by Crippen LogP contribution is -2.45. The molecule has 168 valence electrons. The Kier molecular flexibility index (Phi) is 8.20. The maximum absolute atomic E-state index is 13.6. The molecule has 0 bridgehead atoms. The van der Waals surface area contributed by atoms with Crippen LogP contribution in [0, 0.1) is 31.1 Å². The van der Waals surface area contributed by atoms with Crippen molar-refractivity contribution in [3.63, 3.8) is 0 Å². The molecule has 1 aliphatic carbocycles. The maximum Gasteiger partial charge on any atom is 0.167 e. The third kappa shape index (κ3) is 5.34. The molecule has 1 aromatic carbocycles. The minimum Gasteiger partial charge on any atom is -0.598 e. The van der Waals surface area contributed by atoms with Gasteiger partial charge in [-0.3, -0.25) is 4.79 Å². The van der Waals surface area contributed by atoms with Gasteiger partial charge in [0, 0.05) is 48.6 Å². The van der Waals surface area contributed by atoms with Crippen LogP contribution in [-0.2, 0) is 20.3 Å². The molecule has 1 aromatic rings. The number of hydrogen-bond acceptors (Lipinski definition) is 5. The molecule has 0 aromatic heterocycles. The minimum atomic E-state index is -0.914. The van der Waals surface area contributed by atoms with Gasteiger partial charge in [0.05, 0.1) is 17.6 Å². The molecule has 1 heterocycles. The number of nitrogens with zero attached hydrogens (tertiary/aromatic N) is 1. The van der Waals surface area contributed by atoms with Crippen LogP contribution in [0.4, 0.5) is 0 Å². The maximum atomic E-state index is 13.6. The summed E-state index contributed by atoms with van der Waals surface area (Å²) in [7, 11) is 0. The van der Waals surface area contributed by atoms with E-state index < -0.39 is 11.4 Å². The van der Waals surface area contributed by atoms with Crippen LogP contribution in [0.1, 0.15) is 68.7 Å². The molecule has 0 amide bonds. The molecule has 0 N–H and O–H groups in total. The first-order valence-electron chi connectivity index (χ1n) is 11.1. The summed E-state index contributed by atoms with van der Waals surface area (Å²) in [4.78, 5) is 13.6. The molecule has 1 unspecified atom stereocenters. The van der Waals surface area contributed by atoms with Gasteiger partial charge in [-0.1, -0.05) is 12.8 Å². The second kappa shape index (κ2) is 10.5. The molecular weight excluding hydrogens is 426 g/mol. The Labute approximate surface area is 194 Å². The number of benzene rings is 1. The van der Waals surface area contributed by atoms with Gasteiger partial charge in [0.1, 0.15) is 11.5 Å². The van der Waals surface area contributed by atoms with Crippen LogP contribution in [-0.4, -0.2) is 39.2 Å². The summed E-state index contributed by atoms with van der Waals surface area (Å²) in [5.41, 5.74) is 4.76. The second-order valence-corrected chi connectivity index (χ2v) is 11.2. The first kappa shape index (κ1) is 24.3. The van der Waals surface area contributed by atoms with Crippen molar-refractivity contribution >= 4 is 34.8 Å². The number of allylic oxidation sites excluding steroid dienone is 2. The third-order valence-electron chi connectivity index (χ3n) is 6.28. The quantitative estimate of drug-likeness (QED) is 0.332. The van der Waals surface area contributed by atoms with Gasteiger partial charge < -0.3 is 8.74 Å². The molecule has 31 heavy (non-hydrogen) atoms. The van der Waals surface area contributed by atoms with Crippen LogP contribution in [0.2, 0.25) is 0 Å².